The standard InChI is InChI=1S/C25H24N4O6/c1-32-19-6-3-18(4-7-19)25-26-22(35-27-25)15-28-10-12-29(13-11-28)23(30)16-33-20-8-2-17-5-9-24(31)34-21(17)14-20/h2-9,14H,10-13,15-16H2,1H3. The number of benzene rings is 2. The molecule has 2 aromatic carbocycles. The molecule has 4 aromatic rings. The topological polar surface area (TPSA) is 111 Å². The number of hydrogen-bond donors (Lipinski definition) is 0. The lowest BCUT2D eigenvalue weighted by molar-refractivity contribution is -0.135. The first-order chi connectivity index (χ1) is 17.1. The number of amides is 1. The van der Waals surface area contributed by atoms with Crippen LogP contribution in [-0.4, -0.2) is 65.7 Å². The summed E-state index contributed by atoms with van der Waals surface area (Å²) in [6, 6.07) is 15.7. The largest absolute Gasteiger partial charge is 0.497 e. The van der Waals surface area contributed by atoms with Crippen molar-refractivity contribution in [2.45, 2.75) is 6.54 Å². The third-order valence-corrected chi connectivity index (χ3v) is 5.86. The molecule has 0 atom stereocenters. The van der Waals surface area contributed by atoms with Crippen molar-refractivity contribution in [1.29, 1.82) is 0 Å². The highest BCUT2D eigenvalue weighted by molar-refractivity contribution is 5.79. The Hall–Kier alpha value is -4.18. The van der Waals surface area contributed by atoms with Crippen LogP contribution in [0.3, 0.4) is 0 Å². The fourth-order valence-corrected chi connectivity index (χ4v) is 3.89. The molecule has 1 amide bonds. The van der Waals surface area contributed by atoms with Gasteiger partial charge < -0.3 is 23.3 Å². The fraction of sp³-hybridized carbons (Fsp3) is 0.280. The van der Waals surface area contributed by atoms with E-state index in [-0.39, 0.29) is 12.5 Å². The Morgan fingerprint density at radius 1 is 1.00 bits per heavy atom. The summed E-state index contributed by atoms with van der Waals surface area (Å²) in [6.07, 6.45) is 0. The van der Waals surface area contributed by atoms with Gasteiger partial charge in [0, 0.05) is 49.3 Å². The molecule has 180 valence electrons. The average Bonchev–Trinajstić information content (AvgIpc) is 3.36. The van der Waals surface area contributed by atoms with Crippen molar-refractivity contribution in [1.82, 2.24) is 19.9 Å². The van der Waals surface area contributed by atoms with Crippen LogP contribution in [0.1, 0.15) is 5.89 Å². The molecule has 2 aromatic heterocycles. The van der Waals surface area contributed by atoms with E-state index in [0.717, 1.165) is 16.7 Å². The van der Waals surface area contributed by atoms with Crippen LogP contribution in [0.2, 0.25) is 0 Å². The summed E-state index contributed by atoms with van der Waals surface area (Å²) in [5.74, 6) is 2.20. The highest BCUT2D eigenvalue weighted by Gasteiger charge is 2.23. The number of piperazine rings is 1. The predicted molar refractivity (Wildman–Crippen MR) is 126 cm³/mol. The van der Waals surface area contributed by atoms with Gasteiger partial charge in [0.05, 0.1) is 13.7 Å². The number of methoxy groups -OCH3 is 1. The summed E-state index contributed by atoms with van der Waals surface area (Å²) in [5, 5.41) is 4.86. The third kappa shape index (κ3) is 5.33. The van der Waals surface area contributed by atoms with Gasteiger partial charge in [-0.15, -0.1) is 0 Å². The Balaban J connectivity index is 1.10. The first-order valence-electron chi connectivity index (χ1n) is 11.2. The maximum absolute atomic E-state index is 12.6. The van der Waals surface area contributed by atoms with Crippen LogP contribution in [0.4, 0.5) is 0 Å². The van der Waals surface area contributed by atoms with Crippen LogP contribution >= 0.6 is 0 Å². The summed E-state index contributed by atoms with van der Waals surface area (Å²) in [7, 11) is 1.62. The van der Waals surface area contributed by atoms with Crippen LogP contribution in [0.5, 0.6) is 11.5 Å². The molecule has 0 N–H and O–H groups in total. The van der Waals surface area contributed by atoms with Gasteiger partial charge in [-0.25, -0.2) is 4.79 Å². The lowest BCUT2D eigenvalue weighted by atomic mass is 10.2. The van der Waals surface area contributed by atoms with Gasteiger partial charge in [0.1, 0.15) is 17.1 Å². The molecule has 0 bridgehead atoms. The Bertz CT molecular complexity index is 1370. The Morgan fingerprint density at radius 3 is 2.51 bits per heavy atom. The van der Waals surface area contributed by atoms with Gasteiger partial charge >= 0.3 is 5.63 Å². The molecule has 10 heteroatoms. The zero-order valence-electron chi connectivity index (χ0n) is 19.2. The molecule has 1 aliphatic heterocycles. The second kappa shape index (κ2) is 9.98. The monoisotopic (exact) mass is 476 g/mol. The molecule has 1 aliphatic rings. The van der Waals surface area contributed by atoms with E-state index in [4.69, 9.17) is 18.4 Å². The van der Waals surface area contributed by atoms with Crippen LogP contribution in [-0.2, 0) is 11.3 Å². The minimum Gasteiger partial charge on any atom is -0.497 e. The summed E-state index contributed by atoms with van der Waals surface area (Å²) < 4.78 is 21.4. The van der Waals surface area contributed by atoms with E-state index in [0.29, 0.717) is 55.8 Å². The van der Waals surface area contributed by atoms with Crippen molar-refractivity contribution in [3.63, 3.8) is 0 Å². The highest BCUT2D eigenvalue weighted by Crippen LogP contribution is 2.21. The van der Waals surface area contributed by atoms with E-state index >= 15 is 0 Å². The van der Waals surface area contributed by atoms with Crippen molar-refractivity contribution < 1.29 is 23.2 Å². The number of nitrogens with zero attached hydrogens (tertiary/aromatic N) is 4. The first-order valence-corrected chi connectivity index (χ1v) is 11.2. The van der Waals surface area contributed by atoms with E-state index in [2.05, 4.69) is 15.0 Å². The van der Waals surface area contributed by atoms with E-state index in [9.17, 15) is 9.59 Å². The number of ether oxygens (including phenoxy) is 2. The molecule has 0 unspecified atom stereocenters. The molecule has 0 spiro atoms. The molecule has 10 nitrogen and oxygen atoms in total. The average molecular weight is 476 g/mol. The van der Waals surface area contributed by atoms with E-state index < -0.39 is 5.63 Å². The predicted octanol–water partition coefficient (Wildman–Crippen LogP) is 2.57. The maximum Gasteiger partial charge on any atom is 0.336 e. The second-order valence-electron chi connectivity index (χ2n) is 8.14. The van der Waals surface area contributed by atoms with Crippen molar-refractivity contribution in [2.75, 3.05) is 39.9 Å². The molecular formula is C25H24N4O6. The van der Waals surface area contributed by atoms with Gasteiger partial charge in [0.15, 0.2) is 6.61 Å². The summed E-state index contributed by atoms with van der Waals surface area (Å²) >= 11 is 0. The van der Waals surface area contributed by atoms with E-state index in [1.807, 2.05) is 24.3 Å². The Kier molecular flexibility index (Phi) is 6.44. The SMILES string of the molecule is COc1ccc(-c2noc(CN3CCN(C(=O)COc4ccc5ccc(=O)oc5c4)CC3)n2)cc1. The smallest absolute Gasteiger partial charge is 0.336 e. The lowest BCUT2D eigenvalue weighted by Gasteiger charge is -2.33. The summed E-state index contributed by atoms with van der Waals surface area (Å²) in [5.41, 5.74) is 0.845. The molecule has 35 heavy (non-hydrogen) atoms. The number of hydrogen-bond acceptors (Lipinski definition) is 9. The molecule has 0 radical (unpaired) electrons. The number of carbonyl (C=O) groups is 1. The second-order valence-corrected chi connectivity index (χ2v) is 8.14. The molecule has 3 heterocycles. The summed E-state index contributed by atoms with van der Waals surface area (Å²) in [4.78, 5) is 32.5. The number of aromatic nitrogens is 2. The molecular weight excluding hydrogens is 452 g/mol. The van der Waals surface area contributed by atoms with Gasteiger partial charge in [0.2, 0.25) is 11.7 Å². The van der Waals surface area contributed by atoms with Crippen molar-refractivity contribution in [3.05, 3.63) is 70.9 Å². The van der Waals surface area contributed by atoms with Crippen LogP contribution in [0, 0.1) is 0 Å². The zero-order valence-corrected chi connectivity index (χ0v) is 19.2. The van der Waals surface area contributed by atoms with Crippen LogP contribution in [0.15, 0.2) is 68.3 Å². The Morgan fingerprint density at radius 2 is 1.74 bits per heavy atom. The molecule has 0 aliphatic carbocycles. The maximum atomic E-state index is 12.6. The summed E-state index contributed by atoms with van der Waals surface area (Å²) in [6.45, 7) is 2.96. The normalized spacial score (nSPS) is 14.3. The van der Waals surface area contributed by atoms with E-state index in [1.165, 1.54) is 6.07 Å². The fourth-order valence-electron chi connectivity index (χ4n) is 3.89. The van der Waals surface area contributed by atoms with Gasteiger partial charge in [-0.3, -0.25) is 9.69 Å². The lowest BCUT2D eigenvalue weighted by Crippen LogP contribution is -2.49. The zero-order chi connectivity index (χ0) is 24.2. The molecule has 1 saturated heterocycles. The van der Waals surface area contributed by atoms with Gasteiger partial charge in [-0.2, -0.15) is 4.98 Å². The van der Waals surface area contributed by atoms with Gasteiger partial charge in [-0.05, 0) is 42.5 Å². The molecule has 1 fully saturated rings. The van der Waals surface area contributed by atoms with Gasteiger partial charge in [0.25, 0.3) is 5.91 Å². The minimum atomic E-state index is -0.430. The van der Waals surface area contributed by atoms with E-state index in [1.54, 1.807) is 36.3 Å². The molecule has 0 saturated carbocycles. The van der Waals surface area contributed by atoms with Crippen molar-refractivity contribution >= 4 is 16.9 Å². The third-order valence-electron chi connectivity index (χ3n) is 5.86. The van der Waals surface area contributed by atoms with Gasteiger partial charge in [-0.1, -0.05) is 5.16 Å². The van der Waals surface area contributed by atoms with Crippen LogP contribution < -0.4 is 15.1 Å². The van der Waals surface area contributed by atoms with Crippen molar-refractivity contribution in [3.8, 4) is 22.9 Å². The van der Waals surface area contributed by atoms with Crippen molar-refractivity contribution in [2.24, 2.45) is 0 Å². The number of rotatable bonds is 7. The highest BCUT2D eigenvalue weighted by atomic mass is 16.5. The first kappa shape index (κ1) is 22.6. The molecule has 5 rings (SSSR count). The number of fused-ring (bicyclic) bond motifs is 1. The van der Waals surface area contributed by atoms with Crippen LogP contribution in [0.25, 0.3) is 22.4 Å². The quantitative estimate of drug-likeness (QED) is 0.372. The Labute approximate surface area is 200 Å². The number of carbonyl (C=O) groups excluding carboxylic acids is 1. The minimum absolute atomic E-state index is 0.0859.